The summed E-state index contributed by atoms with van der Waals surface area (Å²) in [4.78, 5) is 22.9. The van der Waals surface area contributed by atoms with E-state index >= 15 is 0 Å². The molecule has 2 aliphatic rings. The van der Waals surface area contributed by atoms with Crippen molar-refractivity contribution in [3.05, 3.63) is 0 Å². The first-order chi connectivity index (χ1) is 8.63. The van der Waals surface area contributed by atoms with Gasteiger partial charge < -0.3 is 15.2 Å². The van der Waals surface area contributed by atoms with Gasteiger partial charge in [0.15, 0.2) is 0 Å². The number of aliphatic carboxylic acids is 1. The fourth-order valence-electron chi connectivity index (χ4n) is 2.94. The van der Waals surface area contributed by atoms with E-state index in [0.29, 0.717) is 12.8 Å². The maximum Gasteiger partial charge on any atom is 0.307 e. The highest BCUT2D eigenvalue weighted by atomic mass is 16.5. The van der Waals surface area contributed by atoms with Crippen LogP contribution in [0.2, 0.25) is 0 Å². The summed E-state index contributed by atoms with van der Waals surface area (Å²) in [6.45, 7) is 0. The van der Waals surface area contributed by atoms with Crippen molar-refractivity contribution in [2.75, 3.05) is 7.11 Å². The zero-order valence-corrected chi connectivity index (χ0v) is 10.7. The zero-order chi connectivity index (χ0) is 13.1. The number of amides is 1. The van der Waals surface area contributed by atoms with Crippen LogP contribution in [0.15, 0.2) is 0 Å². The van der Waals surface area contributed by atoms with Gasteiger partial charge in [-0.05, 0) is 25.7 Å². The molecule has 102 valence electrons. The Morgan fingerprint density at radius 2 is 1.78 bits per heavy atom. The van der Waals surface area contributed by atoms with Crippen molar-refractivity contribution in [3.8, 4) is 0 Å². The maximum atomic E-state index is 12.0. The van der Waals surface area contributed by atoms with Gasteiger partial charge in [0.25, 0.3) is 0 Å². The molecule has 2 unspecified atom stereocenters. The lowest BCUT2D eigenvalue weighted by molar-refractivity contribution is -0.153. The van der Waals surface area contributed by atoms with Crippen molar-refractivity contribution in [1.82, 2.24) is 5.32 Å². The van der Waals surface area contributed by atoms with Gasteiger partial charge in [0.05, 0.1) is 24.0 Å². The minimum atomic E-state index is -0.853. The largest absolute Gasteiger partial charge is 0.481 e. The molecule has 0 aromatic rings. The van der Waals surface area contributed by atoms with E-state index in [-0.39, 0.29) is 24.0 Å². The van der Waals surface area contributed by atoms with Gasteiger partial charge >= 0.3 is 5.97 Å². The Morgan fingerprint density at radius 3 is 2.33 bits per heavy atom. The Bertz CT molecular complexity index is 331. The van der Waals surface area contributed by atoms with E-state index in [2.05, 4.69) is 5.32 Å². The highest BCUT2D eigenvalue weighted by Gasteiger charge is 2.42. The van der Waals surface area contributed by atoms with E-state index in [1.165, 1.54) is 0 Å². The standard InChI is InChI=1S/C13H21NO4/c1-18-11-5-3-2-4-10(11)14-12(15)8-6-7-9(8)13(16)17/h8-11H,2-7H2,1H3,(H,14,15)(H,16,17)/t8?,9?,10-,11-/m0/s1. The minimum absolute atomic E-state index is 0.0475. The van der Waals surface area contributed by atoms with Gasteiger partial charge in [-0.2, -0.15) is 0 Å². The number of nitrogens with one attached hydrogen (secondary N) is 1. The van der Waals surface area contributed by atoms with Crippen LogP contribution in [0.3, 0.4) is 0 Å². The van der Waals surface area contributed by atoms with E-state index in [9.17, 15) is 9.59 Å². The van der Waals surface area contributed by atoms with E-state index in [1.54, 1.807) is 7.11 Å². The van der Waals surface area contributed by atoms with Crippen molar-refractivity contribution in [1.29, 1.82) is 0 Å². The molecule has 2 rings (SSSR count). The number of carbonyl (C=O) groups excluding carboxylic acids is 1. The molecule has 0 aromatic heterocycles. The molecule has 0 bridgehead atoms. The fourth-order valence-corrected chi connectivity index (χ4v) is 2.94. The molecule has 18 heavy (non-hydrogen) atoms. The number of methoxy groups -OCH3 is 1. The maximum absolute atomic E-state index is 12.0. The van der Waals surface area contributed by atoms with Gasteiger partial charge in [0.1, 0.15) is 0 Å². The lowest BCUT2D eigenvalue weighted by Crippen LogP contribution is -2.51. The Hall–Kier alpha value is -1.10. The Balaban J connectivity index is 1.88. The number of rotatable bonds is 4. The number of carbonyl (C=O) groups is 2. The van der Waals surface area contributed by atoms with Crippen molar-refractivity contribution in [3.63, 3.8) is 0 Å². The van der Waals surface area contributed by atoms with Crippen LogP contribution in [0.25, 0.3) is 0 Å². The second-order valence-electron chi connectivity index (χ2n) is 5.30. The topological polar surface area (TPSA) is 75.6 Å². The molecule has 0 spiro atoms. The lowest BCUT2D eigenvalue weighted by Gasteiger charge is -2.36. The van der Waals surface area contributed by atoms with Gasteiger partial charge in [0.2, 0.25) is 5.91 Å². The van der Waals surface area contributed by atoms with Crippen LogP contribution in [0.4, 0.5) is 0 Å². The smallest absolute Gasteiger partial charge is 0.307 e. The number of hydrogen-bond donors (Lipinski definition) is 2. The Kier molecular flexibility index (Phi) is 4.22. The summed E-state index contributed by atoms with van der Waals surface area (Å²) in [5.74, 6) is -1.80. The summed E-state index contributed by atoms with van der Waals surface area (Å²) in [5, 5.41) is 11.9. The van der Waals surface area contributed by atoms with Crippen molar-refractivity contribution in [2.24, 2.45) is 11.8 Å². The molecule has 5 nitrogen and oxygen atoms in total. The summed E-state index contributed by atoms with van der Waals surface area (Å²) in [5.41, 5.74) is 0. The molecule has 1 amide bonds. The molecule has 2 aliphatic carbocycles. The summed E-state index contributed by atoms with van der Waals surface area (Å²) in [7, 11) is 1.67. The van der Waals surface area contributed by atoms with Crippen LogP contribution in [0.5, 0.6) is 0 Å². The average Bonchev–Trinajstić information content (AvgIpc) is 2.27. The Morgan fingerprint density at radius 1 is 1.11 bits per heavy atom. The van der Waals surface area contributed by atoms with Gasteiger partial charge in [-0.15, -0.1) is 0 Å². The molecule has 4 atom stereocenters. The van der Waals surface area contributed by atoms with Crippen LogP contribution in [-0.4, -0.2) is 36.2 Å². The van der Waals surface area contributed by atoms with Gasteiger partial charge in [-0.1, -0.05) is 12.8 Å². The fraction of sp³-hybridized carbons (Fsp3) is 0.846. The molecule has 2 fully saturated rings. The molecule has 0 radical (unpaired) electrons. The highest BCUT2D eigenvalue weighted by Crippen LogP contribution is 2.35. The monoisotopic (exact) mass is 255 g/mol. The van der Waals surface area contributed by atoms with Gasteiger partial charge in [0, 0.05) is 7.11 Å². The van der Waals surface area contributed by atoms with Crippen LogP contribution in [0.1, 0.15) is 38.5 Å². The number of ether oxygens (including phenoxy) is 1. The van der Waals surface area contributed by atoms with Gasteiger partial charge in [-0.25, -0.2) is 0 Å². The van der Waals surface area contributed by atoms with Crippen LogP contribution < -0.4 is 5.32 Å². The minimum Gasteiger partial charge on any atom is -0.481 e. The molecular weight excluding hydrogens is 234 g/mol. The molecule has 2 N–H and O–H groups in total. The van der Waals surface area contributed by atoms with Crippen LogP contribution in [0, 0.1) is 11.8 Å². The van der Waals surface area contributed by atoms with E-state index < -0.39 is 11.9 Å². The molecule has 5 heteroatoms. The number of carboxylic acids is 1. The summed E-state index contributed by atoms with van der Waals surface area (Å²) in [6, 6.07) is 0.0475. The first kappa shape index (κ1) is 13.3. The first-order valence-electron chi connectivity index (χ1n) is 6.69. The molecule has 0 aromatic carbocycles. The summed E-state index contributed by atoms with van der Waals surface area (Å²) < 4.78 is 5.38. The predicted octanol–water partition coefficient (Wildman–Crippen LogP) is 1.17. The Labute approximate surface area is 107 Å². The second kappa shape index (κ2) is 5.69. The molecule has 0 saturated heterocycles. The lowest BCUT2D eigenvalue weighted by atomic mass is 9.73. The van der Waals surface area contributed by atoms with Crippen molar-refractivity contribution >= 4 is 11.9 Å². The zero-order valence-electron chi connectivity index (χ0n) is 10.7. The van der Waals surface area contributed by atoms with Crippen molar-refractivity contribution in [2.45, 2.75) is 50.7 Å². The first-order valence-corrected chi connectivity index (χ1v) is 6.69. The van der Waals surface area contributed by atoms with Crippen molar-refractivity contribution < 1.29 is 19.4 Å². The third kappa shape index (κ3) is 2.66. The molecule has 2 saturated carbocycles. The number of carboxylic acid groups (broad SMARTS) is 1. The average molecular weight is 255 g/mol. The SMILES string of the molecule is CO[C@H]1CCCC[C@@H]1NC(=O)C1CCC1C(=O)O. The van der Waals surface area contributed by atoms with Crippen LogP contribution in [-0.2, 0) is 14.3 Å². The molecule has 0 heterocycles. The predicted molar refractivity (Wildman–Crippen MR) is 65.0 cm³/mol. The highest BCUT2D eigenvalue weighted by molar-refractivity contribution is 5.86. The van der Waals surface area contributed by atoms with E-state index in [0.717, 1.165) is 25.7 Å². The third-order valence-corrected chi connectivity index (χ3v) is 4.26. The molecule has 0 aliphatic heterocycles. The van der Waals surface area contributed by atoms with Crippen LogP contribution >= 0.6 is 0 Å². The normalized spacial score (nSPS) is 35.6. The molecular formula is C13H21NO4. The quantitative estimate of drug-likeness (QED) is 0.790. The summed E-state index contributed by atoms with van der Waals surface area (Å²) in [6.07, 6.45) is 5.50. The van der Waals surface area contributed by atoms with E-state index in [1.807, 2.05) is 0 Å². The second-order valence-corrected chi connectivity index (χ2v) is 5.30. The van der Waals surface area contributed by atoms with E-state index in [4.69, 9.17) is 9.84 Å². The third-order valence-electron chi connectivity index (χ3n) is 4.26. The van der Waals surface area contributed by atoms with Gasteiger partial charge in [-0.3, -0.25) is 9.59 Å². The number of hydrogen-bond acceptors (Lipinski definition) is 3. The summed E-state index contributed by atoms with van der Waals surface area (Å²) >= 11 is 0.